The molecule has 0 fully saturated rings. The highest BCUT2D eigenvalue weighted by atomic mass is 35.5. The normalized spacial score (nSPS) is 12.1. The molecule has 0 bridgehead atoms. The zero-order chi connectivity index (χ0) is 14.5. The monoisotopic (exact) mass is 328 g/mol. The third kappa shape index (κ3) is 4.36. The number of halogens is 1. The van der Waals surface area contributed by atoms with Crippen molar-refractivity contribution in [1.29, 1.82) is 0 Å². The lowest BCUT2D eigenvalue weighted by molar-refractivity contribution is -0.119. The molecule has 0 spiro atoms. The van der Waals surface area contributed by atoms with E-state index in [4.69, 9.17) is 17.3 Å². The molecule has 0 aliphatic rings. The number of aromatic nitrogens is 2. The van der Waals surface area contributed by atoms with E-state index >= 15 is 0 Å². The highest BCUT2D eigenvalue weighted by molar-refractivity contribution is 8.01. The van der Waals surface area contributed by atoms with Gasteiger partial charge in [-0.05, 0) is 24.6 Å². The molecular weight excluding hydrogens is 316 g/mol. The maximum Gasteiger partial charge on any atom is 0.230 e. The van der Waals surface area contributed by atoms with E-state index in [2.05, 4.69) is 15.5 Å². The Morgan fingerprint density at radius 3 is 2.75 bits per heavy atom. The summed E-state index contributed by atoms with van der Waals surface area (Å²) < 4.78 is 0.691. The molecule has 1 heterocycles. The standard InChI is InChI=1S/C12H13ClN4OS2/c1-7(8-2-4-9(13)5-3-8)15-10(18)6-19-12-17-16-11(14)20-12/h2-5,7H,6H2,1H3,(H2,14,16)(H,15,18)/t7-/m0/s1. The van der Waals surface area contributed by atoms with Gasteiger partial charge in [0.25, 0.3) is 0 Å². The Kier molecular flexibility index (Phi) is 5.22. The summed E-state index contributed by atoms with van der Waals surface area (Å²) in [6.07, 6.45) is 0. The minimum atomic E-state index is -0.0696. The summed E-state index contributed by atoms with van der Waals surface area (Å²) in [4.78, 5) is 11.8. The van der Waals surface area contributed by atoms with E-state index in [-0.39, 0.29) is 17.7 Å². The Labute approximate surface area is 129 Å². The number of hydrogen-bond acceptors (Lipinski definition) is 6. The van der Waals surface area contributed by atoms with Crippen molar-refractivity contribution in [2.24, 2.45) is 0 Å². The zero-order valence-corrected chi connectivity index (χ0v) is 13.1. The molecule has 0 radical (unpaired) electrons. The fourth-order valence-electron chi connectivity index (χ4n) is 1.52. The van der Waals surface area contributed by atoms with E-state index in [0.717, 1.165) is 5.56 Å². The molecule has 20 heavy (non-hydrogen) atoms. The number of nitrogens with one attached hydrogen (secondary N) is 1. The number of nitrogen functional groups attached to an aromatic ring is 1. The molecule has 8 heteroatoms. The first-order chi connectivity index (χ1) is 9.54. The van der Waals surface area contributed by atoms with Gasteiger partial charge >= 0.3 is 0 Å². The Hall–Kier alpha value is -1.31. The number of carbonyl (C=O) groups excluding carboxylic acids is 1. The van der Waals surface area contributed by atoms with Crippen LogP contribution in [0.15, 0.2) is 28.6 Å². The number of nitrogens with zero attached hydrogens (tertiary/aromatic N) is 2. The highest BCUT2D eigenvalue weighted by Crippen LogP contribution is 2.23. The van der Waals surface area contributed by atoms with Crippen LogP contribution < -0.4 is 11.1 Å². The van der Waals surface area contributed by atoms with Crippen LogP contribution in [0.25, 0.3) is 0 Å². The topological polar surface area (TPSA) is 80.9 Å². The molecule has 2 rings (SSSR count). The van der Waals surface area contributed by atoms with Gasteiger partial charge in [0, 0.05) is 5.02 Å². The zero-order valence-electron chi connectivity index (χ0n) is 10.7. The molecule has 0 unspecified atom stereocenters. The lowest BCUT2D eigenvalue weighted by Gasteiger charge is -2.13. The van der Waals surface area contributed by atoms with E-state index in [1.165, 1.54) is 23.1 Å². The predicted octanol–water partition coefficient (Wildman–Crippen LogP) is 2.74. The lowest BCUT2D eigenvalue weighted by atomic mass is 10.1. The fourth-order valence-corrected chi connectivity index (χ4v) is 3.10. The average molecular weight is 329 g/mol. The Morgan fingerprint density at radius 2 is 2.15 bits per heavy atom. The summed E-state index contributed by atoms with van der Waals surface area (Å²) in [6, 6.07) is 7.33. The summed E-state index contributed by atoms with van der Waals surface area (Å²) in [6.45, 7) is 1.93. The van der Waals surface area contributed by atoms with Crippen molar-refractivity contribution in [2.75, 3.05) is 11.5 Å². The number of anilines is 1. The van der Waals surface area contributed by atoms with Crippen molar-refractivity contribution in [3.05, 3.63) is 34.9 Å². The van der Waals surface area contributed by atoms with E-state index < -0.39 is 0 Å². The van der Waals surface area contributed by atoms with Gasteiger partial charge in [0.1, 0.15) is 0 Å². The molecule has 3 N–H and O–H groups in total. The molecule has 106 valence electrons. The number of nitrogens with two attached hydrogens (primary N) is 1. The van der Waals surface area contributed by atoms with Crippen LogP contribution in [0.1, 0.15) is 18.5 Å². The van der Waals surface area contributed by atoms with Gasteiger partial charge in [-0.2, -0.15) is 0 Å². The van der Waals surface area contributed by atoms with E-state index in [9.17, 15) is 4.79 Å². The molecule has 2 aromatic rings. The van der Waals surface area contributed by atoms with Crippen molar-refractivity contribution in [3.63, 3.8) is 0 Å². The molecule has 1 atom stereocenters. The molecule has 0 aliphatic heterocycles. The smallest absolute Gasteiger partial charge is 0.230 e. The average Bonchev–Trinajstić information content (AvgIpc) is 2.83. The number of amides is 1. The molecule has 0 aliphatic carbocycles. The summed E-state index contributed by atoms with van der Waals surface area (Å²) >= 11 is 8.42. The van der Waals surface area contributed by atoms with Gasteiger partial charge in [0.2, 0.25) is 11.0 Å². The highest BCUT2D eigenvalue weighted by Gasteiger charge is 2.11. The van der Waals surface area contributed by atoms with E-state index in [1.54, 1.807) is 12.1 Å². The Bertz CT molecular complexity index is 587. The maximum atomic E-state index is 11.8. The van der Waals surface area contributed by atoms with Crippen LogP contribution >= 0.6 is 34.7 Å². The molecule has 5 nitrogen and oxygen atoms in total. The van der Waals surface area contributed by atoms with Gasteiger partial charge in [0.15, 0.2) is 4.34 Å². The van der Waals surface area contributed by atoms with Gasteiger partial charge in [-0.15, -0.1) is 10.2 Å². The summed E-state index contributed by atoms with van der Waals surface area (Å²) in [5.41, 5.74) is 6.48. The maximum absolute atomic E-state index is 11.8. The first-order valence-electron chi connectivity index (χ1n) is 5.81. The molecule has 1 aromatic carbocycles. The quantitative estimate of drug-likeness (QED) is 0.825. The van der Waals surface area contributed by atoms with Crippen LogP contribution in [0.5, 0.6) is 0 Å². The third-order valence-corrected chi connectivity index (χ3v) is 4.63. The number of carbonyl (C=O) groups is 1. The van der Waals surface area contributed by atoms with Crippen LogP contribution in [0.3, 0.4) is 0 Å². The van der Waals surface area contributed by atoms with Crippen LogP contribution in [0, 0.1) is 0 Å². The van der Waals surface area contributed by atoms with E-state index in [0.29, 0.717) is 14.5 Å². The lowest BCUT2D eigenvalue weighted by Crippen LogP contribution is -2.28. The van der Waals surface area contributed by atoms with Gasteiger partial charge in [0.05, 0.1) is 11.8 Å². The summed E-state index contributed by atoms with van der Waals surface area (Å²) in [5.74, 6) is 0.221. The van der Waals surface area contributed by atoms with Crippen molar-refractivity contribution >= 4 is 45.7 Å². The second kappa shape index (κ2) is 6.92. The first kappa shape index (κ1) is 15.1. The van der Waals surface area contributed by atoms with Crippen LogP contribution in [-0.2, 0) is 4.79 Å². The largest absolute Gasteiger partial charge is 0.374 e. The second-order valence-corrected chi connectivity index (χ2v) is 6.70. The van der Waals surface area contributed by atoms with E-state index in [1.807, 2.05) is 19.1 Å². The van der Waals surface area contributed by atoms with Crippen molar-refractivity contribution in [2.45, 2.75) is 17.3 Å². The van der Waals surface area contributed by atoms with Gasteiger partial charge < -0.3 is 11.1 Å². The van der Waals surface area contributed by atoms with Crippen molar-refractivity contribution in [3.8, 4) is 0 Å². The number of thioether (sulfide) groups is 1. The molecular formula is C12H13ClN4OS2. The SMILES string of the molecule is C[C@H](NC(=O)CSc1nnc(N)s1)c1ccc(Cl)cc1. The Morgan fingerprint density at radius 1 is 1.45 bits per heavy atom. The Balaban J connectivity index is 1.83. The molecule has 0 saturated heterocycles. The van der Waals surface area contributed by atoms with Crippen molar-refractivity contribution in [1.82, 2.24) is 15.5 Å². The predicted molar refractivity (Wildman–Crippen MR) is 83.1 cm³/mol. The number of hydrogen-bond donors (Lipinski definition) is 2. The van der Waals surface area contributed by atoms with Crippen LogP contribution in [0.2, 0.25) is 5.02 Å². The van der Waals surface area contributed by atoms with Crippen molar-refractivity contribution < 1.29 is 4.79 Å². The minimum absolute atomic E-state index is 0.0637. The van der Waals surface area contributed by atoms with Gasteiger partial charge in [-0.25, -0.2) is 0 Å². The number of rotatable bonds is 5. The summed E-state index contributed by atoms with van der Waals surface area (Å²) in [7, 11) is 0. The minimum Gasteiger partial charge on any atom is -0.374 e. The molecule has 1 aromatic heterocycles. The molecule has 1 amide bonds. The van der Waals surface area contributed by atoms with Gasteiger partial charge in [-0.1, -0.05) is 46.8 Å². The van der Waals surface area contributed by atoms with Gasteiger partial charge in [-0.3, -0.25) is 4.79 Å². The molecule has 0 saturated carbocycles. The number of benzene rings is 1. The fraction of sp³-hybridized carbons (Fsp3) is 0.250. The third-order valence-electron chi connectivity index (χ3n) is 2.50. The second-order valence-electron chi connectivity index (χ2n) is 4.04. The summed E-state index contributed by atoms with van der Waals surface area (Å²) in [5, 5.41) is 11.5. The van der Waals surface area contributed by atoms with Crippen LogP contribution in [0.4, 0.5) is 5.13 Å². The first-order valence-corrected chi connectivity index (χ1v) is 7.99. The van der Waals surface area contributed by atoms with Crippen LogP contribution in [-0.4, -0.2) is 21.9 Å².